The van der Waals surface area contributed by atoms with E-state index in [-0.39, 0.29) is 19.8 Å². The molecule has 32 heavy (non-hydrogen) atoms. The molecule has 17 heteroatoms. The molecule has 0 N–H and O–H groups in total. The lowest BCUT2D eigenvalue weighted by Crippen LogP contribution is -2.70. The first-order chi connectivity index (χ1) is 14.3. The fourth-order valence-corrected chi connectivity index (χ4v) is 2.28. The van der Waals surface area contributed by atoms with Crippen LogP contribution in [0.25, 0.3) is 0 Å². The van der Waals surface area contributed by atoms with Gasteiger partial charge >= 0.3 is 35.8 Å². The molecule has 2 aliphatic heterocycles. The highest BCUT2D eigenvalue weighted by molar-refractivity contribution is 5.10. The molecule has 0 radical (unpaired) electrons. The van der Waals surface area contributed by atoms with Gasteiger partial charge in [0.15, 0.2) is 0 Å². The zero-order valence-electron chi connectivity index (χ0n) is 15.5. The Bertz CT molecular complexity index is 644. The van der Waals surface area contributed by atoms with E-state index >= 15 is 0 Å². The summed E-state index contributed by atoms with van der Waals surface area (Å²) in [5, 5.41) is 0. The van der Waals surface area contributed by atoms with Crippen LogP contribution in [0, 0.1) is 0 Å². The van der Waals surface area contributed by atoms with Crippen LogP contribution in [-0.4, -0.2) is 87.1 Å². The Morgan fingerprint density at radius 3 is 1.53 bits per heavy atom. The van der Waals surface area contributed by atoms with Crippen molar-refractivity contribution in [3.63, 3.8) is 0 Å². The second kappa shape index (κ2) is 8.61. The van der Waals surface area contributed by atoms with Gasteiger partial charge in [0.05, 0.1) is 39.1 Å². The van der Waals surface area contributed by atoms with Gasteiger partial charge in [-0.2, -0.15) is 57.1 Å². The third-order valence-corrected chi connectivity index (χ3v) is 4.41. The quantitative estimate of drug-likeness (QED) is 0.276. The molecule has 3 unspecified atom stereocenters. The first-order valence-electron chi connectivity index (χ1n) is 8.66. The molecule has 0 spiro atoms. The summed E-state index contributed by atoms with van der Waals surface area (Å²) in [6.45, 7) is -1.45. The van der Waals surface area contributed by atoms with Crippen molar-refractivity contribution in [2.45, 2.75) is 60.5 Å². The van der Waals surface area contributed by atoms with E-state index in [0.29, 0.717) is 0 Å². The van der Waals surface area contributed by atoms with Crippen molar-refractivity contribution >= 4 is 0 Å². The maximum Gasteiger partial charge on any atom is 0.460 e. The third kappa shape index (κ3) is 5.19. The van der Waals surface area contributed by atoms with Gasteiger partial charge in [-0.15, -0.1) is 0 Å². The Morgan fingerprint density at radius 2 is 1.09 bits per heavy atom. The summed E-state index contributed by atoms with van der Waals surface area (Å²) in [7, 11) is 0. The Hall–Kier alpha value is -1.07. The molecule has 0 aromatic heterocycles. The molecular formula is C15H15F13O4. The van der Waals surface area contributed by atoms with E-state index < -0.39 is 73.7 Å². The molecule has 0 aliphatic carbocycles. The fourth-order valence-electron chi connectivity index (χ4n) is 2.28. The molecule has 3 atom stereocenters. The minimum absolute atomic E-state index is 0.0763. The van der Waals surface area contributed by atoms with Crippen molar-refractivity contribution < 1.29 is 76.0 Å². The number of alkyl halides is 13. The van der Waals surface area contributed by atoms with Crippen molar-refractivity contribution in [3.8, 4) is 0 Å². The van der Waals surface area contributed by atoms with E-state index in [4.69, 9.17) is 14.2 Å². The highest BCUT2D eigenvalue weighted by atomic mass is 19.4. The van der Waals surface area contributed by atoms with Crippen molar-refractivity contribution in [2.75, 3.05) is 33.0 Å². The van der Waals surface area contributed by atoms with Crippen LogP contribution in [0.1, 0.15) is 6.42 Å². The van der Waals surface area contributed by atoms with E-state index in [0.717, 1.165) is 0 Å². The topological polar surface area (TPSA) is 43.5 Å². The molecule has 0 aromatic rings. The highest BCUT2D eigenvalue weighted by Gasteiger charge is 2.90. The summed E-state index contributed by atoms with van der Waals surface area (Å²) < 4.78 is 190. The zero-order valence-corrected chi connectivity index (χ0v) is 15.5. The van der Waals surface area contributed by atoms with Crippen molar-refractivity contribution in [2.24, 2.45) is 0 Å². The lowest BCUT2D eigenvalue weighted by atomic mass is 9.91. The van der Waals surface area contributed by atoms with Crippen LogP contribution in [0.5, 0.6) is 0 Å². The molecule has 2 rings (SSSR count). The molecule has 190 valence electrons. The van der Waals surface area contributed by atoms with E-state index in [1.807, 2.05) is 0 Å². The van der Waals surface area contributed by atoms with E-state index in [9.17, 15) is 57.1 Å². The predicted octanol–water partition coefficient (Wildman–Crippen LogP) is 4.31. The molecule has 0 amide bonds. The van der Waals surface area contributed by atoms with Crippen LogP contribution in [-0.2, 0) is 18.9 Å². The maximum atomic E-state index is 14.0. The number of ether oxygens (including phenoxy) is 4. The van der Waals surface area contributed by atoms with Crippen LogP contribution in [0.2, 0.25) is 0 Å². The van der Waals surface area contributed by atoms with Crippen molar-refractivity contribution in [1.29, 1.82) is 0 Å². The average molecular weight is 506 g/mol. The molecule has 2 saturated heterocycles. The summed E-state index contributed by atoms with van der Waals surface area (Å²) in [5.41, 5.74) is 0. The summed E-state index contributed by atoms with van der Waals surface area (Å²) >= 11 is 0. The number of epoxide rings is 2. The van der Waals surface area contributed by atoms with Gasteiger partial charge < -0.3 is 18.9 Å². The summed E-state index contributed by atoms with van der Waals surface area (Å²) in [6.07, 6.45) is -13.2. The summed E-state index contributed by atoms with van der Waals surface area (Å²) in [4.78, 5) is 0. The fraction of sp³-hybridized carbons (Fsp3) is 1.00. The first kappa shape index (κ1) is 27.2. The molecule has 0 saturated carbocycles. The van der Waals surface area contributed by atoms with Crippen molar-refractivity contribution in [1.82, 2.24) is 0 Å². The lowest BCUT2D eigenvalue weighted by molar-refractivity contribution is -0.441. The molecular weight excluding hydrogens is 491 g/mol. The third-order valence-electron chi connectivity index (χ3n) is 4.41. The van der Waals surface area contributed by atoms with Crippen molar-refractivity contribution in [3.05, 3.63) is 0 Å². The van der Waals surface area contributed by atoms with E-state index in [1.165, 1.54) is 0 Å². The highest BCUT2D eigenvalue weighted by Crippen LogP contribution is 2.60. The molecule has 2 heterocycles. The monoisotopic (exact) mass is 506 g/mol. The largest absolute Gasteiger partial charge is 0.460 e. The maximum absolute atomic E-state index is 14.0. The SMILES string of the molecule is FC(F)(F)C(F)(F)C(F)(F)C(F)(F)C(F)(F)C(F)(F)CC(COCC1CO1)OCC1CO1. The average Bonchev–Trinajstić information content (AvgIpc) is 3.52. The molecule has 2 aliphatic rings. The lowest BCUT2D eigenvalue weighted by Gasteiger charge is -2.40. The van der Waals surface area contributed by atoms with Gasteiger partial charge in [-0.1, -0.05) is 0 Å². The Labute approximate surface area is 170 Å². The zero-order chi connectivity index (χ0) is 24.8. The molecule has 0 bridgehead atoms. The second-order valence-corrected chi connectivity index (χ2v) is 7.11. The van der Waals surface area contributed by atoms with Crippen LogP contribution in [0.4, 0.5) is 57.1 Å². The molecule has 4 nitrogen and oxygen atoms in total. The number of hydrogen-bond donors (Lipinski definition) is 0. The van der Waals surface area contributed by atoms with Gasteiger partial charge in [0.1, 0.15) is 12.2 Å². The Balaban J connectivity index is 2.21. The van der Waals surface area contributed by atoms with Gasteiger partial charge in [0.2, 0.25) is 0 Å². The first-order valence-corrected chi connectivity index (χ1v) is 8.66. The molecule has 0 aromatic carbocycles. The molecule has 2 fully saturated rings. The number of hydrogen-bond acceptors (Lipinski definition) is 4. The summed E-state index contributed by atoms with van der Waals surface area (Å²) in [5.74, 6) is -37.1. The van der Waals surface area contributed by atoms with Gasteiger partial charge in [0, 0.05) is 6.42 Å². The number of halogens is 13. The van der Waals surface area contributed by atoms with Gasteiger partial charge in [0.25, 0.3) is 0 Å². The van der Waals surface area contributed by atoms with Crippen LogP contribution >= 0.6 is 0 Å². The summed E-state index contributed by atoms with van der Waals surface area (Å²) in [6, 6.07) is 0. The number of rotatable bonds is 13. The van der Waals surface area contributed by atoms with Crippen LogP contribution in [0.3, 0.4) is 0 Å². The normalized spacial score (nSPS) is 23.9. The van der Waals surface area contributed by atoms with Crippen LogP contribution in [0.15, 0.2) is 0 Å². The van der Waals surface area contributed by atoms with Crippen LogP contribution < -0.4 is 0 Å². The Morgan fingerprint density at radius 1 is 0.656 bits per heavy atom. The minimum atomic E-state index is -7.93. The minimum Gasteiger partial charge on any atom is -0.376 e. The Kier molecular flexibility index (Phi) is 7.31. The van der Waals surface area contributed by atoms with Gasteiger partial charge in [-0.05, 0) is 0 Å². The smallest absolute Gasteiger partial charge is 0.376 e. The van der Waals surface area contributed by atoms with Gasteiger partial charge in [-0.25, -0.2) is 0 Å². The van der Waals surface area contributed by atoms with E-state index in [1.54, 1.807) is 0 Å². The second-order valence-electron chi connectivity index (χ2n) is 7.11. The standard InChI is InChI=1S/C15H15F13O4/c16-10(17,1-7(30-5-9-6-32-9)2-29-3-8-4-31-8)11(18,19)12(20,21)13(22,23)14(24,25)15(26,27)28/h7-9H,1-6H2. The van der Waals surface area contributed by atoms with Gasteiger partial charge in [-0.3, -0.25) is 0 Å². The van der Waals surface area contributed by atoms with E-state index in [2.05, 4.69) is 4.74 Å². The predicted molar refractivity (Wildman–Crippen MR) is 75.4 cm³/mol.